The summed E-state index contributed by atoms with van der Waals surface area (Å²) < 4.78 is 5.60. The molecule has 0 aliphatic carbocycles. The molecule has 18 heavy (non-hydrogen) atoms. The molecule has 0 saturated carbocycles. The van der Waals surface area contributed by atoms with E-state index in [9.17, 15) is 0 Å². The topological polar surface area (TPSA) is 79.9 Å². The molecule has 1 aliphatic rings. The number of fused-ring (bicyclic) bond motifs is 1. The molecule has 4 N–H and O–H groups in total. The van der Waals surface area contributed by atoms with Gasteiger partial charge in [-0.2, -0.15) is 0 Å². The molecule has 1 aromatic carbocycles. The lowest BCUT2D eigenvalue weighted by molar-refractivity contribution is 0.248. The third-order valence-corrected chi connectivity index (χ3v) is 3.24. The van der Waals surface area contributed by atoms with Crippen LogP contribution < -0.4 is 15.8 Å². The lowest BCUT2D eigenvalue weighted by Crippen LogP contribution is -2.44. The second-order valence-corrected chi connectivity index (χ2v) is 4.38. The number of rotatable bonds is 4. The Morgan fingerprint density at radius 1 is 1.61 bits per heavy atom. The Bertz CT molecular complexity index is 434. The maximum Gasteiger partial charge on any atom is 0.156 e. The molecular weight excluding hydrogens is 230 g/mol. The van der Waals surface area contributed by atoms with Gasteiger partial charge in [-0.25, -0.2) is 0 Å². The van der Waals surface area contributed by atoms with Crippen molar-refractivity contribution in [2.45, 2.75) is 31.8 Å². The van der Waals surface area contributed by atoms with Gasteiger partial charge in [0, 0.05) is 18.0 Å². The second kappa shape index (κ2) is 5.73. The molecule has 0 aromatic heterocycles. The van der Waals surface area contributed by atoms with Crippen molar-refractivity contribution in [1.29, 1.82) is 0 Å². The van der Waals surface area contributed by atoms with Gasteiger partial charge in [-0.05, 0) is 12.5 Å². The summed E-state index contributed by atoms with van der Waals surface area (Å²) in [5.74, 6) is 1.14. The molecule has 98 valence electrons. The van der Waals surface area contributed by atoms with E-state index in [-0.39, 0.29) is 17.9 Å². The van der Waals surface area contributed by atoms with E-state index in [0.29, 0.717) is 6.61 Å². The van der Waals surface area contributed by atoms with Crippen LogP contribution in [0.25, 0.3) is 0 Å². The molecule has 1 heterocycles. The lowest BCUT2D eigenvalue weighted by Gasteiger charge is -2.29. The van der Waals surface area contributed by atoms with Crippen molar-refractivity contribution in [2.24, 2.45) is 10.9 Å². The summed E-state index contributed by atoms with van der Waals surface area (Å²) in [6.07, 6.45) is 1.65. The lowest BCUT2D eigenvalue weighted by atomic mass is 9.99. The number of para-hydroxylation sites is 1. The van der Waals surface area contributed by atoms with E-state index in [2.05, 4.69) is 10.5 Å². The first-order valence-electron chi connectivity index (χ1n) is 6.21. The normalized spacial score (nSPS) is 20.9. The molecule has 1 aromatic rings. The Morgan fingerprint density at radius 2 is 2.39 bits per heavy atom. The van der Waals surface area contributed by atoms with Crippen molar-refractivity contribution in [3.05, 3.63) is 29.8 Å². The molecule has 0 saturated heterocycles. The van der Waals surface area contributed by atoms with Crippen LogP contribution in [0, 0.1) is 0 Å². The third-order valence-electron chi connectivity index (χ3n) is 3.24. The molecule has 0 radical (unpaired) electrons. The van der Waals surface area contributed by atoms with E-state index >= 15 is 0 Å². The number of nitrogens with zero attached hydrogens (tertiary/aromatic N) is 1. The van der Waals surface area contributed by atoms with Gasteiger partial charge >= 0.3 is 0 Å². The van der Waals surface area contributed by atoms with Crippen molar-refractivity contribution in [3.63, 3.8) is 0 Å². The van der Waals surface area contributed by atoms with E-state index in [4.69, 9.17) is 15.7 Å². The van der Waals surface area contributed by atoms with Crippen LogP contribution in [0.2, 0.25) is 0 Å². The summed E-state index contributed by atoms with van der Waals surface area (Å²) in [4.78, 5) is 0. The number of hydrogen-bond acceptors (Lipinski definition) is 4. The Morgan fingerprint density at radius 3 is 3.11 bits per heavy atom. The summed E-state index contributed by atoms with van der Waals surface area (Å²) in [7, 11) is 0. The molecule has 5 nitrogen and oxygen atoms in total. The fourth-order valence-electron chi connectivity index (χ4n) is 2.24. The van der Waals surface area contributed by atoms with Crippen LogP contribution in [-0.2, 0) is 0 Å². The predicted molar refractivity (Wildman–Crippen MR) is 69.9 cm³/mol. The zero-order valence-electron chi connectivity index (χ0n) is 10.5. The van der Waals surface area contributed by atoms with E-state index in [1.165, 1.54) is 0 Å². The van der Waals surface area contributed by atoms with Gasteiger partial charge in [-0.3, -0.25) is 0 Å². The Kier molecular flexibility index (Phi) is 4.04. The molecule has 0 fully saturated rings. The Balaban J connectivity index is 2.15. The number of amidine groups is 1. The van der Waals surface area contributed by atoms with Gasteiger partial charge in [0.1, 0.15) is 5.75 Å². The average Bonchev–Trinajstić information content (AvgIpc) is 2.44. The van der Waals surface area contributed by atoms with E-state index in [1.807, 2.05) is 31.2 Å². The highest BCUT2D eigenvalue weighted by Gasteiger charge is 2.24. The first-order chi connectivity index (χ1) is 8.76. The highest BCUT2D eigenvalue weighted by atomic mass is 16.5. The maximum atomic E-state index is 8.76. The highest BCUT2D eigenvalue weighted by Crippen LogP contribution is 2.31. The SMILES string of the molecule is CCC(NC1CCOc2ccccc21)C(N)=NO. The maximum absolute atomic E-state index is 8.76. The minimum Gasteiger partial charge on any atom is -0.493 e. The molecule has 5 heteroatoms. The highest BCUT2D eigenvalue weighted by molar-refractivity contribution is 5.85. The van der Waals surface area contributed by atoms with Crippen molar-refractivity contribution in [1.82, 2.24) is 5.32 Å². The third kappa shape index (κ3) is 2.56. The van der Waals surface area contributed by atoms with Gasteiger partial charge in [-0.15, -0.1) is 0 Å². The van der Waals surface area contributed by atoms with Crippen molar-refractivity contribution >= 4 is 5.84 Å². The zero-order chi connectivity index (χ0) is 13.0. The van der Waals surface area contributed by atoms with E-state index < -0.39 is 0 Å². The molecule has 2 unspecified atom stereocenters. The van der Waals surface area contributed by atoms with Crippen molar-refractivity contribution in [3.8, 4) is 5.75 Å². The molecule has 0 bridgehead atoms. The summed E-state index contributed by atoms with van der Waals surface area (Å²) in [6, 6.07) is 8.03. The standard InChI is InChI=1S/C13H19N3O2/c1-2-10(13(14)16-17)15-11-7-8-18-12-6-4-3-5-9(11)12/h3-6,10-11,15,17H,2,7-8H2,1H3,(H2,14,16). The van der Waals surface area contributed by atoms with Crippen LogP contribution in [0.5, 0.6) is 5.75 Å². The smallest absolute Gasteiger partial charge is 0.156 e. The van der Waals surface area contributed by atoms with Gasteiger partial charge in [0.05, 0.1) is 12.6 Å². The number of nitrogens with one attached hydrogen (secondary N) is 1. The van der Waals surface area contributed by atoms with Gasteiger partial charge in [0.2, 0.25) is 0 Å². The van der Waals surface area contributed by atoms with Crippen LogP contribution in [-0.4, -0.2) is 23.7 Å². The molecule has 2 rings (SSSR count). The van der Waals surface area contributed by atoms with Gasteiger partial charge in [-0.1, -0.05) is 30.3 Å². The van der Waals surface area contributed by atoms with Crippen molar-refractivity contribution < 1.29 is 9.94 Å². The predicted octanol–water partition coefficient (Wildman–Crippen LogP) is 1.62. The van der Waals surface area contributed by atoms with Crippen LogP contribution >= 0.6 is 0 Å². The number of nitrogens with two attached hydrogens (primary N) is 1. The van der Waals surface area contributed by atoms with Crippen LogP contribution in [0.3, 0.4) is 0 Å². The fraction of sp³-hybridized carbons (Fsp3) is 0.462. The molecule has 0 spiro atoms. The summed E-state index contributed by atoms with van der Waals surface area (Å²) in [6.45, 7) is 2.68. The largest absolute Gasteiger partial charge is 0.493 e. The van der Waals surface area contributed by atoms with Gasteiger partial charge < -0.3 is 21.0 Å². The summed E-state index contributed by atoms with van der Waals surface area (Å²) in [5.41, 5.74) is 6.80. The van der Waals surface area contributed by atoms with Gasteiger partial charge in [0.15, 0.2) is 5.84 Å². The molecule has 2 atom stereocenters. The molecular formula is C13H19N3O2. The van der Waals surface area contributed by atoms with E-state index in [0.717, 1.165) is 24.2 Å². The van der Waals surface area contributed by atoms with Crippen LogP contribution in [0.15, 0.2) is 29.4 Å². The minimum atomic E-state index is -0.119. The Hall–Kier alpha value is -1.75. The van der Waals surface area contributed by atoms with Crippen LogP contribution in [0.4, 0.5) is 0 Å². The Labute approximate surface area is 107 Å². The van der Waals surface area contributed by atoms with E-state index in [1.54, 1.807) is 0 Å². The summed E-state index contributed by atoms with van der Waals surface area (Å²) >= 11 is 0. The molecule has 0 amide bonds. The first kappa shape index (κ1) is 12.7. The number of ether oxygens (including phenoxy) is 1. The van der Waals surface area contributed by atoms with Gasteiger partial charge in [0.25, 0.3) is 0 Å². The van der Waals surface area contributed by atoms with Crippen molar-refractivity contribution in [2.75, 3.05) is 6.61 Å². The fourth-order valence-corrected chi connectivity index (χ4v) is 2.24. The number of oxime groups is 1. The minimum absolute atomic E-state index is 0.119. The monoisotopic (exact) mass is 249 g/mol. The average molecular weight is 249 g/mol. The number of benzene rings is 1. The quantitative estimate of drug-likeness (QED) is 0.328. The summed E-state index contributed by atoms with van der Waals surface area (Å²) in [5, 5.41) is 15.3. The van der Waals surface area contributed by atoms with Crippen LogP contribution in [0.1, 0.15) is 31.4 Å². The second-order valence-electron chi connectivity index (χ2n) is 4.38. The number of hydrogen-bond donors (Lipinski definition) is 3. The molecule has 1 aliphatic heterocycles. The zero-order valence-corrected chi connectivity index (χ0v) is 10.5. The first-order valence-corrected chi connectivity index (χ1v) is 6.21.